The zero-order chi connectivity index (χ0) is 16.3. The largest absolute Gasteiger partial charge is 0.341 e. The average Bonchev–Trinajstić information content (AvgIpc) is 2.80. The molecular formula is C14H17Cl2NO3S2. The van der Waals surface area contributed by atoms with Gasteiger partial charge in [0, 0.05) is 28.9 Å². The molecule has 1 amide bonds. The molecule has 22 heavy (non-hydrogen) atoms. The highest BCUT2D eigenvalue weighted by molar-refractivity contribution is 7.99. The molecule has 0 spiro atoms. The van der Waals surface area contributed by atoms with Gasteiger partial charge in [0.05, 0.1) is 17.3 Å². The molecule has 0 aliphatic carbocycles. The van der Waals surface area contributed by atoms with Crippen molar-refractivity contribution in [3.63, 3.8) is 0 Å². The van der Waals surface area contributed by atoms with Crippen molar-refractivity contribution in [1.29, 1.82) is 0 Å². The molecule has 8 heteroatoms. The highest BCUT2D eigenvalue weighted by Crippen LogP contribution is 2.25. The van der Waals surface area contributed by atoms with Crippen LogP contribution >= 0.6 is 35.0 Å². The molecule has 1 fully saturated rings. The number of carbonyl (C=O) groups excluding carboxylic acids is 1. The van der Waals surface area contributed by atoms with E-state index >= 15 is 0 Å². The molecule has 1 atom stereocenters. The fraction of sp³-hybridized carbons (Fsp3) is 0.500. The molecule has 1 aliphatic rings. The minimum atomic E-state index is -2.98. The second-order valence-electron chi connectivity index (χ2n) is 5.29. The minimum absolute atomic E-state index is 0.0582. The lowest BCUT2D eigenvalue weighted by atomic mass is 10.2. The smallest absolute Gasteiger partial charge is 0.232 e. The van der Waals surface area contributed by atoms with Gasteiger partial charge in [0.2, 0.25) is 5.91 Å². The molecular weight excluding hydrogens is 365 g/mol. The summed E-state index contributed by atoms with van der Waals surface area (Å²) in [5.41, 5.74) is 0.926. The summed E-state index contributed by atoms with van der Waals surface area (Å²) in [6.07, 6.45) is 0.526. The number of thioether (sulfide) groups is 1. The van der Waals surface area contributed by atoms with E-state index in [0.717, 1.165) is 5.56 Å². The predicted molar refractivity (Wildman–Crippen MR) is 92.5 cm³/mol. The van der Waals surface area contributed by atoms with Crippen LogP contribution in [-0.2, 0) is 20.4 Å². The van der Waals surface area contributed by atoms with Crippen molar-refractivity contribution in [3.8, 4) is 0 Å². The van der Waals surface area contributed by atoms with Crippen molar-refractivity contribution < 1.29 is 13.2 Å². The Morgan fingerprint density at radius 3 is 2.73 bits per heavy atom. The average molecular weight is 382 g/mol. The van der Waals surface area contributed by atoms with Gasteiger partial charge in [-0.25, -0.2) is 8.42 Å². The molecule has 0 saturated carbocycles. The van der Waals surface area contributed by atoms with Crippen LogP contribution in [-0.4, -0.2) is 49.6 Å². The van der Waals surface area contributed by atoms with Crippen molar-refractivity contribution in [2.24, 2.45) is 0 Å². The molecule has 4 nitrogen and oxygen atoms in total. The van der Waals surface area contributed by atoms with Gasteiger partial charge in [-0.05, 0) is 24.1 Å². The van der Waals surface area contributed by atoms with Crippen LogP contribution in [0.25, 0.3) is 0 Å². The first-order valence-electron chi connectivity index (χ1n) is 6.76. The van der Waals surface area contributed by atoms with Crippen molar-refractivity contribution in [3.05, 3.63) is 33.8 Å². The van der Waals surface area contributed by atoms with Gasteiger partial charge < -0.3 is 4.90 Å². The Labute approximate surface area is 145 Å². The van der Waals surface area contributed by atoms with Gasteiger partial charge in [0.1, 0.15) is 0 Å². The van der Waals surface area contributed by atoms with Crippen LogP contribution in [0.2, 0.25) is 10.0 Å². The molecule has 1 heterocycles. The second kappa shape index (κ2) is 7.43. The maximum absolute atomic E-state index is 12.1. The van der Waals surface area contributed by atoms with Crippen molar-refractivity contribution in [1.82, 2.24) is 4.90 Å². The van der Waals surface area contributed by atoms with Gasteiger partial charge in [-0.15, -0.1) is 11.8 Å². The summed E-state index contributed by atoms with van der Waals surface area (Å²) >= 11 is 13.4. The maximum Gasteiger partial charge on any atom is 0.232 e. The molecule has 1 aromatic carbocycles. The van der Waals surface area contributed by atoms with E-state index in [1.54, 1.807) is 24.1 Å². The van der Waals surface area contributed by atoms with E-state index < -0.39 is 9.84 Å². The Kier molecular flexibility index (Phi) is 6.05. The molecule has 1 aromatic rings. The Balaban J connectivity index is 1.82. The van der Waals surface area contributed by atoms with Crippen molar-refractivity contribution in [2.45, 2.75) is 18.2 Å². The number of halogens is 2. The first-order chi connectivity index (χ1) is 10.3. The van der Waals surface area contributed by atoms with Crippen molar-refractivity contribution in [2.75, 3.05) is 24.3 Å². The molecule has 0 radical (unpaired) electrons. The van der Waals surface area contributed by atoms with Crippen LogP contribution in [0.5, 0.6) is 0 Å². The monoisotopic (exact) mass is 381 g/mol. The summed E-state index contributed by atoms with van der Waals surface area (Å²) in [7, 11) is -1.31. The maximum atomic E-state index is 12.1. The summed E-state index contributed by atoms with van der Waals surface area (Å²) < 4.78 is 22.9. The first-order valence-corrected chi connectivity index (χ1v) is 10.5. The SMILES string of the molecule is CN(C(=O)CSCc1ccc(Cl)cc1Cl)C1CCS(=O)(=O)C1. The zero-order valence-corrected chi connectivity index (χ0v) is 15.2. The number of sulfone groups is 1. The fourth-order valence-electron chi connectivity index (χ4n) is 2.27. The van der Waals surface area contributed by atoms with Gasteiger partial charge in [-0.1, -0.05) is 29.3 Å². The van der Waals surface area contributed by atoms with E-state index in [-0.39, 0.29) is 23.5 Å². The molecule has 2 rings (SSSR count). The lowest BCUT2D eigenvalue weighted by Crippen LogP contribution is -2.38. The van der Waals surface area contributed by atoms with E-state index in [2.05, 4.69) is 0 Å². The Bertz CT molecular complexity index is 664. The number of hydrogen-bond donors (Lipinski definition) is 0. The van der Waals surface area contributed by atoms with Crippen LogP contribution in [0.1, 0.15) is 12.0 Å². The Morgan fingerprint density at radius 2 is 2.14 bits per heavy atom. The van der Waals surface area contributed by atoms with Crippen LogP contribution in [0.3, 0.4) is 0 Å². The summed E-state index contributed by atoms with van der Waals surface area (Å²) in [6.45, 7) is 0. The van der Waals surface area contributed by atoms with Crippen LogP contribution in [0.4, 0.5) is 0 Å². The quantitative estimate of drug-likeness (QED) is 0.786. The third kappa shape index (κ3) is 4.78. The number of benzene rings is 1. The van der Waals surface area contributed by atoms with E-state index in [0.29, 0.717) is 28.0 Å². The minimum Gasteiger partial charge on any atom is -0.341 e. The topological polar surface area (TPSA) is 54.5 Å². The van der Waals surface area contributed by atoms with E-state index in [1.165, 1.54) is 11.8 Å². The van der Waals surface area contributed by atoms with E-state index in [1.807, 2.05) is 6.07 Å². The predicted octanol–water partition coefficient (Wildman–Crippen LogP) is 2.87. The first kappa shape index (κ1) is 17.9. The number of hydrogen-bond acceptors (Lipinski definition) is 4. The summed E-state index contributed by atoms with van der Waals surface area (Å²) in [4.78, 5) is 13.7. The van der Waals surface area contributed by atoms with Crippen LogP contribution < -0.4 is 0 Å². The van der Waals surface area contributed by atoms with E-state index in [9.17, 15) is 13.2 Å². The van der Waals surface area contributed by atoms with Crippen LogP contribution in [0.15, 0.2) is 18.2 Å². The molecule has 0 N–H and O–H groups in total. The summed E-state index contributed by atoms with van der Waals surface area (Å²) in [5.74, 6) is 1.09. The number of amides is 1. The summed E-state index contributed by atoms with van der Waals surface area (Å²) in [5, 5.41) is 1.17. The molecule has 122 valence electrons. The normalized spacial score (nSPS) is 20.0. The third-order valence-corrected chi connectivity index (χ3v) is 6.95. The molecule has 0 bridgehead atoms. The second-order valence-corrected chi connectivity index (χ2v) is 9.35. The van der Waals surface area contributed by atoms with Gasteiger partial charge >= 0.3 is 0 Å². The number of rotatable bonds is 5. The van der Waals surface area contributed by atoms with Crippen LogP contribution in [0, 0.1) is 0 Å². The number of carbonyl (C=O) groups is 1. The lowest BCUT2D eigenvalue weighted by molar-refractivity contribution is -0.128. The van der Waals surface area contributed by atoms with Crippen molar-refractivity contribution >= 4 is 50.7 Å². The highest BCUT2D eigenvalue weighted by atomic mass is 35.5. The third-order valence-electron chi connectivity index (χ3n) is 3.65. The molecule has 0 aromatic heterocycles. The van der Waals surface area contributed by atoms with Gasteiger partial charge in [0.25, 0.3) is 0 Å². The summed E-state index contributed by atoms with van der Waals surface area (Å²) in [6, 6.07) is 5.09. The number of nitrogens with zero attached hydrogens (tertiary/aromatic N) is 1. The highest BCUT2D eigenvalue weighted by Gasteiger charge is 2.32. The van der Waals surface area contributed by atoms with E-state index in [4.69, 9.17) is 23.2 Å². The van der Waals surface area contributed by atoms with Gasteiger partial charge in [-0.2, -0.15) is 0 Å². The standard InChI is InChI=1S/C14H17Cl2NO3S2/c1-17(12-4-5-22(19,20)9-12)14(18)8-21-7-10-2-3-11(15)6-13(10)16/h2-3,6,12H,4-5,7-9H2,1H3. The Hall–Kier alpha value is -0.430. The Morgan fingerprint density at radius 1 is 1.41 bits per heavy atom. The van der Waals surface area contributed by atoms with Gasteiger partial charge in [-0.3, -0.25) is 4.79 Å². The molecule has 1 aliphatic heterocycles. The molecule has 1 unspecified atom stereocenters. The van der Waals surface area contributed by atoms with Gasteiger partial charge in [0.15, 0.2) is 9.84 Å². The zero-order valence-electron chi connectivity index (χ0n) is 12.1. The fourth-order valence-corrected chi connectivity index (χ4v) is 5.55. The molecule has 1 saturated heterocycles. The lowest BCUT2D eigenvalue weighted by Gasteiger charge is -2.23.